The predicted molar refractivity (Wildman–Crippen MR) is 123 cm³/mol. The first-order chi connectivity index (χ1) is 14.6. The number of fused-ring (bicyclic) bond motifs is 2. The molecule has 1 aliphatic rings. The lowest BCUT2D eigenvalue weighted by Crippen LogP contribution is -2.45. The number of anilines is 1. The Bertz CT molecular complexity index is 1230. The lowest BCUT2D eigenvalue weighted by molar-refractivity contribution is -0.120. The van der Waals surface area contributed by atoms with Crippen LogP contribution in [-0.4, -0.2) is 32.7 Å². The number of amides is 1. The number of carbonyl (C=O) groups is 1. The van der Waals surface area contributed by atoms with Crippen molar-refractivity contribution in [1.29, 1.82) is 0 Å². The molecule has 7 heteroatoms. The third kappa shape index (κ3) is 4.51. The number of para-hydroxylation sites is 1. The Kier molecular flexibility index (Phi) is 5.39. The van der Waals surface area contributed by atoms with Crippen molar-refractivity contribution in [1.82, 2.24) is 5.32 Å². The summed E-state index contributed by atoms with van der Waals surface area (Å²) in [6.45, 7) is 3.65. The van der Waals surface area contributed by atoms with Crippen LogP contribution < -0.4 is 14.4 Å². The first-order valence-corrected chi connectivity index (χ1v) is 12.0. The lowest BCUT2D eigenvalue weighted by Gasteiger charge is -2.38. The van der Waals surface area contributed by atoms with Gasteiger partial charge < -0.3 is 10.1 Å². The average Bonchev–Trinajstić information content (AvgIpc) is 2.70. The molecule has 1 aliphatic heterocycles. The Hall–Kier alpha value is -3.06. The summed E-state index contributed by atoms with van der Waals surface area (Å²) in [5, 5.41) is 4.72. The van der Waals surface area contributed by atoms with E-state index in [0.29, 0.717) is 12.1 Å². The minimum absolute atomic E-state index is 0.263. The Labute approximate surface area is 182 Å². The zero-order chi connectivity index (χ0) is 22.2. The van der Waals surface area contributed by atoms with E-state index < -0.39 is 15.6 Å². The van der Waals surface area contributed by atoms with Crippen molar-refractivity contribution in [2.75, 3.05) is 17.1 Å². The highest BCUT2D eigenvalue weighted by Gasteiger charge is 2.35. The molecule has 3 aromatic carbocycles. The number of sulfonamides is 1. The van der Waals surface area contributed by atoms with Gasteiger partial charge in [-0.1, -0.05) is 54.6 Å². The molecule has 6 nitrogen and oxygen atoms in total. The number of benzene rings is 3. The normalized spacial score (nSPS) is 17.5. The van der Waals surface area contributed by atoms with Crippen molar-refractivity contribution in [3.05, 3.63) is 72.3 Å². The number of hydrogen-bond donors (Lipinski definition) is 1. The largest absolute Gasteiger partial charge is 0.487 e. The molecule has 3 aromatic rings. The Morgan fingerprint density at radius 1 is 1.06 bits per heavy atom. The Morgan fingerprint density at radius 2 is 1.74 bits per heavy atom. The Balaban J connectivity index is 1.63. The van der Waals surface area contributed by atoms with Crippen LogP contribution in [0.1, 0.15) is 31.9 Å². The van der Waals surface area contributed by atoms with Gasteiger partial charge in [0.1, 0.15) is 17.9 Å². The molecule has 1 unspecified atom stereocenters. The first kappa shape index (κ1) is 21.2. The summed E-state index contributed by atoms with van der Waals surface area (Å²) in [7, 11) is -3.68. The summed E-state index contributed by atoms with van der Waals surface area (Å²) in [6, 6.07) is 20.3. The summed E-state index contributed by atoms with van der Waals surface area (Å²) in [5.41, 5.74) is 0.938. The summed E-state index contributed by atoms with van der Waals surface area (Å²) in [6.07, 6.45) is 1.71. The van der Waals surface area contributed by atoms with Crippen molar-refractivity contribution >= 4 is 32.4 Å². The molecule has 0 radical (unpaired) electrons. The van der Waals surface area contributed by atoms with Crippen LogP contribution >= 0.6 is 0 Å². The lowest BCUT2D eigenvalue weighted by atomic mass is 9.89. The highest BCUT2D eigenvalue weighted by atomic mass is 32.2. The number of nitrogens with zero attached hydrogens (tertiary/aromatic N) is 1. The second-order valence-corrected chi connectivity index (χ2v) is 10.4. The molecule has 162 valence electrons. The number of hydrogen-bond acceptors (Lipinski definition) is 4. The van der Waals surface area contributed by atoms with Crippen molar-refractivity contribution in [2.45, 2.75) is 31.9 Å². The van der Waals surface area contributed by atoms with Crippen LogP contribution in [0, 0.1) is 0 Å². The van der Waals surface area contributed by atoms with E-state index in [9.17, 15) is 13.2 Å². The van der Waals surface area contributed by atoms with Gasteiger partial charge in [-0.25, -0.2) is 8.42 Å². The second-order valence-electron chi connectivity index (χ2n) is 8.49. The van der Waals surface area contributed by atoms with Crippen molar-refractivity contribution in [3.63, 3.8) is 0 Å². The molecule has 0 saturated heterocycles. The molecule has 31 heavy (non-hydrogen) atoms. The quantitative estimate of drug-likeness (QED) is 0.653. The van der Waals surface area contributed by atoms with E-state index in [1.165, 1.54) is 4.31 Å². The summed E-state index contributed by atoms with van der Waals surface area (Å²) >= 11 is 0. The molecule has 0 aromatic heterocycles. The minimum Gasteiger partial charge on any atom is -0.487 e. The molecule has 0 aliphatic carbocycles. The molecule has 1 atom stereocenters. The van der Waals surface area contributed by atoms with E-state index in [-0.39, 0.29) is 18.5 Å². The third-order valence-electron chi connectivity index (χ3n) is 5.43. The van der Waals surface area contributed by atoms with Crippen LogP contribution in [0.4, 0.5) is 5.69 Å². The minimum atomic E-state index is -3.68. The standard InChI is InChI=1S/C24H26N2O4S/c1-24(2)15-20(19-12-6-7-14-22(19)30-24)25-23(27)16-26(31(3,28)29)21-13-8-10-17-9-4-5-11-18(17)21/h4-14,20H,15-16H2,1-3H3,(H,25,27). The van der Waals surface area contributed by atoms with E-state index in [0.717, 1.165) is 28.3 Å². The molecular formula is C24H26N2O4S. The van der Waals surface area contributed by atoms with Crippen LogP contribution in [0.3, 0.4) is 0 Å². The van der Waals surface area contributed by atoms with Gasteiger partial charge in [-0.05, 0) is 31.4 Å². The highest BCUT2D eigenvalue weighted by Crippen LogP contribution is 2.39. The topological polar surface area (TPSA) is 75.7 Å². The summed E-state index contributed by atoms with van der Waals surface area (Å²) in [5.74, 6) is 0.369. The van der Waals surface area contributed by atoms with E-state index >= 15 is 0 Å². The van der Waals surface area contributed by atoms with Gasteiger partial charge in [0.2, 0.25) is 15.9 Å². The van der Waals surface area contributed by atoms with Crippen LogP contribution in [0.2, 0.25) is 0 Å². The van der Waals surface area contributed by atoms with E-state index in [1.54, 1.807) is 12.1 Å². The van der Waals surface area contributed by atoms with E-state index in [1.807, 2.05) is 68.4 Å². The van der Waals surface area contributed by atoms with E-state index in [2.05, 4.69) is 5.32 Å². The predicted octanol–water partition coefficient (Wildman–Crippen LogP) is 4.02. The number of rotatable bonds is 5. The van der Waals surface area contributed by atoms with E-state index in [4.69, 9.17) is 4.74 Å². The van der Waals surface area contributed by atoms with Crippen LogP contribution in [-0.2, 0) is 14.8 Å². The van der Waals surface area contributed by atoms with Gasteiger partial charge in [0.05, 0.1) is 18.0 Å². The molecule has 0 saturated carbocycles. The van der Waals surface area contributed by atoms with Crippen LogP contribution in [0.5, 0.6) is 5.75 Å². The SMILES string of the molecule is CC1(C)CC(NC(=O)CN(c2cccc3ccccc23)S(C)(=O)=O)c2ccccc2O1. The van der Waals surface area contributed by atoms with Crippen molar-refractivity contribution < 1.29 is 17.9 Å². The monoisotopic (exact) mass is 438 g/mol. The maximum Gasteiger partial charge on any atom is 0.241 e. The zero-order valence-corrected chi connectivity index (χ0v) is 18.6. The van der Waals surface area contributed by atoms with Crippen LogP contribution in [0.25, 0.3) is 10.8 Å². The summed E-state index contributed by atoms with van der Waals surface area (Å²) < 4.78 is 32.5. The van der Waals surface area contributed by atoms with Gasteiger partial charge in [-0.3, -0.25) is 9.10 Å². The smallest absolute Gasteiger partial charge is 0.241 e. The molecule has 1 amide bonds. The van der Waals surface area contributed by atoms with Gasteiger partial charge in [-0.15, -0.1) is 0 Å². The van der Waals surface area contributed by atoms with Gasteiger partial charge in [0.25, 0.3) is 0 Å². The third-order valence-corrected chi connectivity index (χ3v) is 6.56. The maximum atomic E-state index is 13.0. The molecular weight excluding hydrogens is 412 g/mol. The fourth-order valence-corrected chi connectivity index (χ4v) is 4.98. The number of ether oxygens (including phenoxy) is 1. The molecule has 0 bridgehead atoms. The number of nitrogens with one attached hydrogen (secondary N) is 1. The maximum absolute atomic E-state index is 13.0. The molecule has 1 heterocycles. The second kappa shape index (κ2) is 7.89. The van der Waals surface area contributed by atoms with Gasteiger partial charge in [0, 0.05) is 17.4 Å². The van der Waals surface area contributed by atoms with Gasteiger partial charge in [-0.2, -0.15) is 0 Å². The van der Waals surface area contributed by atoms with Crippen LogP contribution in [0.15, 0.2) is 66.7 Å². The van der Waals surface area contributed by atoms with Gasteiger partial charge >= 0.3 is 0 Å². The molecule has 1 N–H and O–H groups in total. The fraction of sp³-hybridized carbons (Fsp3) is 0.292. The van der Waals surface area contributed by atoms with Crippen molar-refractivity contribution in [3.8, 4) is 5.75 Å². The molecule has 0 spiro atoms. The first-order valence-electron chi connectivity index (χ1n) is 10.2. The average molecular weight is 439 g/mol. The zero-order valence-electron chi connectivity index (χ0n) is 17.8. The van der Waals surface area contributed by atoms with Gasteiger partial charge in [0.15, 0.2) is 0 Å². The molecule has 4 rings (SSSR count). The Morgan fingerprint density at radius 3 is 2.52 bits per heavy atom. The molecule has 0 fully saturated rings. The summed E-state index contributed by atoms with van der Waals surface area (Å²) in [4.78, 5) is 13.0. The van der Waals surface area contributed by atoms with Crippen molar-refractivity contribution in [2.24, 2.45) is 0 Å². The number of carbonyl (C=O) groups excluding carboxylic acids is 1. The highest BCUT2D eigenvalue weighted by molar-refractivity contribution is 7.92. The fourth-order valence-electron chi connectivity index (χ4n) is 4.11.